The number of ketones is 2. The Hall–Kier alpha value is -4.95. The highest BCUT2D eigenvalue weighted by Crippen LogP contribution is 2.48. The Bertz CT molecular complexity index is 2160. The van der Waals surface area contributed by atoms with Crippen molar-refractivity contribution in [2.75, 3.05) is 55.6 Å². The number of piperidine rings is 2. The lowest BCUT2D eigenvalue weighted by atomic mass is 9.69. The number of aryl methyl sites for hydroxylation is 1. The van der Waals surface area contributed by atoms with E-state index in [4.69, 9.17) is 0 Å². The average Bonchev–Trinajstić information content (AvgIpc) is 3.55. The number of nitrogens with zero attached hydrogens (tertiary/aromatic N) is 4. The summed E-state index contributed by atoms with van der Waals surface area (Å²) in [5, 5.41) is 10.2. The van der Waals surface area contributed by atoms with E-state index in [9.17, 15) is 19.5 Å². The summed E-state index contributed by atoms with van der Waals surface area (Å²) in [5.74, 6) is 1.60. The molecule has 3 atom stereocenters. The zero-order chi connectivity index (χ0) is 38.7. The van der Waals surface area contributed by atoms with Crippen molar-refractivity contribution in [3.63, 3.8) is 0 Å². The normalized spacial score (nSPS) is 25.1. The zero-order valence-corrected chi connectivity index (χ0v) is 33.0. The first-order valence-electron chi connectivity index (χ1n) is 21.5. The number of carbonyl (C=O) groups is 3. The molecule has 294 valence electrons. The van der Waals surface area contributed by atoms with Crippen molar-refractivity contribution in [3.8, 4) is 5.75 Å². The molecule has 1 amide bonds. The number of Topliss-reactive ketones (excluding diaryl/α,β-unsaturated/α-hetero) is 2. The molecule has 1 saturated carbocycles. The van der Waals surface area contributed by atoms with Crippen molar-refractivity contribution in [3.05, 3.63) is 124 Å². The molecule has 4 aromatic rings. The van der Waals surface area contributed by atoms with Crippen LogP contribution in [0.15, 0.2) is 91.0 Å². The van der Waals surface area contributed by atoms with Gasteiger partial charge >= 0.3 is 0 Å². The molecule has 4 aromatic carbocycles. The van der Waals surface area contributed by atoms with Crippen LogP contribution in [-0.2, 0) is 22.6 Å². The van der Waals surface area contributed by atoms with Crippen LogP contribution in [0.25, 0.3) is 0 Å². The second kappa shape index (κ2) is 14.8. The average molecular weight is 763 g/mol. The molecule has 4 heterocycles. The van der Waals surface area contributed by atoms with Gasteiger partial charge in [0, 0.05) is 74.0 Å². The fourth-order valence-corrected chi connectivity index (χ4v) is 11.3. The molecule has 6 aliphatic rings. The summed E-state index contributed by atoms with van der Waals surface area (Å²) >= 11 is 0. The highest BCUT2D eigenvalue weighted by molar-refractivity contribution is 6.07. The van der Waals surface area contributed by atoms with Gasteiger partial charge in [0.1, 0.15) is 11.5 Å². The van der Waals surface area contributed by atoms with Gasteiger partial charge in [-0.3, -0.25) is 14.4 Å². The van der Waals surface area contributed by atoms with Crippen LogP contribution < -0.4 is 9.80 Å². The second-order valence-corrected chi connectivity index (χ2v) is 18.1. The molecule has 1 N–H and O–H groups in total. The third kappa shape index (κ3) is 6.94. The number of carbonyl (C=O) groups excluding carboxylic acids is 3. The number of fused-ring (bicyclic) bond motifs is 2. The highest BCUT2D eigenvalue weighted by Gasteiger charge is 2.46. The van der Waals surface area contributed by atoms with Gasteiger partial charge in [0.2, 0.25) is 0 Å². The Morgan fingerprint density at radius 3 is 2.19 bits per heavy atom. The number of benzene rings is 4. The van der Waals surface area contributed by atoms with Gasteiger partial charge in [-0.15, -0.1) is 0 Å². The Balaban J connectivity index is 0.706. The predicted molar refractivity (Wildman–Crippen MR) is 223 cm³/mol. The maximum absolute atomic E-state index is 13.2. The van der Waals surface area contributed by atoms with Gasteiger partial charge in [-0.25, -0.2) is 0 Å². The summed E-state index contributed by atoms with van der Waals surface area (Å²) in [5.41, 5.74) is 9.98. The monoisotopic (exact) mass is 762 g/mol. The highest BCUT2D eigenvalue weighted by atomic mass is 16.3. The first kappa shape index (κ1) is 36.4. The minimum Gasteiger partial charge on any atom is -0.508 e. The number of hydrogen-bond donors (Lipinski definition) is 1. The number of likely N-dealkylation sites (tertiary alicyclic amines) is 1. The molecule has 3 saturated heterocycles. The molecule has 2 aliphatic carbocycles. The molecule has 0 aromatic heterocycles. The number of phenols is 1. The predicted octanol–water partition coefficient (Wildman–Crippen LogP) is 7.72. The van der Waals surface area contributed by atoms with E-state index in [0.29, 0.717) is 42.0 Å². The van der Waals surface area contributed by atoms with E-state index in [1.165, 1.54) is 78.9 Å². The zero-order valence-electron chi connectivity index (χ0n) is 33.0. The first-order valence-corrected chi connectivity index (χ1v) is 21.5. The fourth-order valence-electron chi connectivity index (χ4n) is 11.3. The maximum atomic E-state index is 13.2. The van der Waals surface area contributed by atoms with Crippen LogP contribution in [0.1, 0.15) is 101 Å². The van der Waals surface area contributed by atoms with Crippen molar-refractivity contribution in [1.29, 1.82) is 0 Å². The first-order chi connectivity index (χ1) is 27.8. The quantitative estimate of drug-likeness (QED) is 0.193. The van der Waals surface area contributed by atoms with Crippen LogP contribution in [0.3, 0.4) is 0 Å². The third-order valence-electron chi connectivity index (χ3n) is 14.6. The van der Waals surface area contributed by atoms with Crippen LogP contribution in [0.5, 0.6) is 5.75 Å². The van der Waals surface area contributed by atoms with Crippen LogP contribution in [-0.4, -0.2) is 84.2 Å². The van der Waals surface area contributed by atoms with Crippen molar-refractivity contribution in [2.45, 2.75) is 82.2 Å². The lowest BCUT2D eigenvalue weighted by Gasteiger charge is -2.55. The summed E-state index contributed by atoms with van der Waals surface area (Å²) < 4.78 is 0. The van der Waals surface area contributed by atoms with E-state index in [-0.39, 0.29) is 29.8 Å². The van der Waals surface area contributed by atoms with Gasteiger partial charge in [-0.2, -0.15) is 0 Å². The van der Waals surface area contributed by atoms with E-state index < -0.39 is 6.04 Å². The molecule has 10 rings (SSSR count). The van der Waals surface area contributed by atoms with Gasteiger partial charge in [0.15, 0.2) is 5.78 Å². The Kier molecular flexibility index (Phi) is 9.43. The standard InChI is InChI=1S/C49H54N4O4/c54-40-12-16-43-36(27-40)8-14-42(34-4-2-1-3-5-34)47(43)35-6-9-38(10-7-35)51-22-18-33(19-23-51)29-50-24-20-49(21-25-50)31-52(32-49)39-11-15-44-37(26-39)30-53(48(44)57)45-17-13-41(55)28-46(45)56/h1-7,9-12,15-16,26-27,33,42,45,47,54H,8,13-14,17-25,28-32H2/t42-,45?,47+/m1/s1. The molecular weight excluding hydrogens is 709 g/mol. The number of phenolic OH excluding ortho intramolecular Hbond substituents is 1. The lowest BCUT2D eigenvalue weighted by Crippen LogP contribution is -2.60. The molecule has 57 heavy (non-hydrogen) atoms. The minimum atomic E-state index is -0.466. The maximum Gasteiger partial charge on any atom is 0.255 e. The fraction of sp³-hybridized carbons (Fsp3) is 0.449. The van der Waals surface area contributed by atoms with E-state index in [1.54, 1.807) is 4.90 Å². The molecule has 1 spiro atoms. The van der Waals surface area contributed by atoms with E-state index >= 15 is 0 Å². The number of anilines is 2. The Morgan fingerprint density at radius 2 is 1.44 bits per heavy atom. The van der Waals surface area contributed by atoms with Crippen LogP contribution >= 0.6 is 0 Å². The molecule has 4 aliphatic heterocycles. The molecule has 0 bridgehead atoms. The number of hydrogen-bond acceptors (Lipinski definition) is 7. The molecule has 4 fully saturated rings. The van der Waals surface area contributed by atoms with E-state index in [2.05, 4.69) is 87.5 Å². The summed E-state index contributed by atoms with van der Waals surface area (Å²) in [6, 6.07) is 32.1. The van der Waals surface area contributed by atoms with Crippen LogP contribution in [0, 0.1) is 11.3 Å². The molecule has 8 nitrogen and oxygen atoms in total. The number of aromatic hydroxyl groups is 1. The van der Waals surface area contributed by atoms with Gasteiger partial charge in [-0.05, 0) is 140 Å². The van der Waals surface area contributed by atoms with Crippen molar-refractivity contribution in [1.82, 2.24) is 9.80 Å². The smallest absolute Gasteiger partial charge is 0.255 e. The van der Waals surface area contributed by atoms with Gasteiger partial charge < -0.3 is 24.7 Å². The topological polar surface area (TPSA) is 84.4 Å². The SMILES string of the molecule is O=C1CCC(N2Cc3cc(N4CC5(CCN(CC6CCN(c7ccc([C@@H]8c9ccc(O)cc9CC[C@@H]8c8ccccc8)cc7)CC6)CC5)C4)ccc3C2=O)C(=O)C1. The van der Waals surface area contributed by atoms with Gasteiger partial charge in [0.25, 0.3) is 5.91 Å². The van der Waals surface area contributed by atoms with E-state index in [1.807, 2.05) is 18.2 Å². The van der Waals surface area contributed by atoms with Crippen molar-refractivity contribution < 1.29 is 19.5 Å². The molecule has 8 heteroatoms. The van der Waals surface area contributed by atoms with Gasteiger partial charge in [0.05, 0.1) is 12.5 Å². The largest absolute Gasteiger partial charge is 0.508 e. The van der Waals surface area contributed by atoms with Crippen molar-refractivity contribution in [2.24, 2.45) is 11.3 Å². The van der Waals surface area contributed by atoms with Crippen molar-refractivity contribution >= 4 is 28.8 Å². The third-order valence-corrected chi connectivity index (χ3v) is 14.6. The summed E-state index contributed by atoms with van der Waals surface area (Å²) in [7, 11) is 0. The Morgan fingerprint density at radius 1 is 0.684 bits per heavy atom. The summed E-state index contributed by atoms with van der Waals surface area (Å²) in [6.45, 7) is 8.37. The number of rotatable bonds is 7. The van der Waals surface area contributed by atoms with Crippen LogP contribution in [0.2, 0.25) is 0 Å². The van der Waals surface area contributed by atoms with Gasteiger partial charge in [-0.1, -0.05) is 48.5 Å². The van der Waals surface area contributed by atoms with E-state index in [0.717, 1.165) is 50.5 Å². The molecular formula is C49H54N4O4. The summed E-state index contributed by atoms with van der Waals surface area (Å²) in [6.07, 6.45) is 7.81. The second-order valence-electron chi connectivity index (χ2n) is 18.1. The molecule has 0 radical (unpaired) electrons. The Labute approximate surface area is 336 Å². The lowest BCUT2D eigenvalue weighted by molar-refractivity contribution is -0.133. The number of amides is 1. The molecule has 1 unspecified atom stereocenters. The minimum absolute atomic E-state index is 0.0113. The van der Waals surface area contributed by atoms with Crippen LogP contribution in [0.4, 0.5) is 11.4 Å². The summed E-state index contributed by atoms with van der Waals surface area (Å²) in [4.78, 5) is 47.0.